The van der Waals surface area contributed by atoms with E-state index in [1.807, 2.05) is 0 Å². The molecule has 0 N–H and O–H groups in total. The molecule has 0 aliphatic rings. The molecule has 1 radical (unpaired) electrons. The van der Waals surface area contributed by atoms with Crippen molar-refractivity contribution in [2.75, 3.05) is 0 Å². The van der Waals surface area contributed by atoms with Crippen LogP contribution in [0.15, 0.2) is 0 Å². The first-order valence-corrected chi connectivity index (χ1v) is 4.38. The molecule has 0 amide bonds. The fourth-order valence-electron chi connectivity index (χ4n) is 0. The van der Waals surface area contributed by atoms with Crippen LogP contribution >= 0.6 is 15.6 Å². The van der Waals surface area contributed by atoms with Gasteiger partial charge in [-0.05, 0) is 0 Å². The second-order valence-electron chi connectivity index (χ2n) is 0.894. The van der Waals surface area contributed by atoms with Crippen molar-refractivity contribution in [2.45, 2.75) is 0 Å². The van der Waals surface area contributed by atoms with Crippen LogP contribution in [-0.4, -0.2) is 17.4 Å². The number of hydrogen-bond donors (Lipinski definition) is 0. The van der Waals surface area contributed by atoms with Gasteiger partial charge in [0.25, 0.3) is 0 Å². The fourth-order valence-corrected chi connectivity index (χ4v) is 0. The SMILES string of the molecule is O=P([O-])([O-])[O-].O=P([O-])([O-])[O-].[Al+3].[Fe+3]. The van der Waals surface area contributed by atoms with Gasteiger partial charge in [0.05, 0.1) is 0 Å². The zero-order chi connectivity index (χ0) is 9.00. The molecule has 12 heavy (non-hydrogen) atoms. The van der Waals surface area contributed by atoms with E-state index < -0.39 is 15.6 Å². The van der Waals surface area contributed by atoms with Crippen molar-refractivity contribution in [1.29, 1.82) is 0 Å². The average molecular weight is 273 g/mol. The largest absolute Gasteiger partial charge is 3.00 e. The van der Waals surface area contributed by atoms with E-state index in [2.05, 4.69) is 0 Å². The third kappa shape index (κ3) is 735. The van der Waals surface area contributed by atoms with Crippen molar-refractivity contribution >= 4 is 33.0 Å². The Bertz CT molecular complexity index is 129. The first kappa shape index (κ1) is 23.2. The van der Waals surface area contributed by atoms with Crippen molar-refractivity contribution in [1.82, 2.24) is 0 Å². The summed E-state index contributed by atoms with van der Waals surface area (Å²) < 4.78 is 17.1. The Morgan fingerprint density at radius 1 is 0.667 bits per heavy atom. The van der Waals surface area contributed by atoms with E-state index in [0.29, 0.717) is 0 Å². The van der Waals surface area contributed by atoms with Crippen LogP contribution in [0.3, 0.4) is 0 Å². The Hall–Kier alpha value is 1.27. The summed E-state index contributed by atoms with van der Waals surface area (Å²) in [7, 11) is -10.8. The van der Waals surface area contributed by atoms with Crippen molar-refractivity contribution < 1.29 is 55.6 Å². The molecular formula is AlFeO8P2. The Kier molecular flexibility index (Phi) is 17.2. The Morgan fingerprint density at radius 2 is 0.667 bits per heavy atom. The summed E-state index contributed by atoms with van der Waals surface area (Å²) in [5.41, 5.74) is 0. The van der Waals surface area contributed by atoms with E-state index in [0.717, 1.165) is 0 Å². The topological polar surface area (TPSA) is 172 Å². The van der Waals surface area contributed by atoms with Crippen molar-refractivity contribution in [3.05, 3.63) is 0 Å². The predicted octanol–water partition coefficient (Wildman–Crippen LogP) is -6.03. The van der Waals surface area contributed by atoms with Crippen LogP contribution in [-0.2, 0) is 26.2 Å². The third-order valence-electron chi connectivity index (χ3n) is 0. The summed E-state index contributed by atoms with van der Waals surface area (Å²) in [6.45, 7) is 0. The molecule has 0 spiro atoms. The summed E-state index contributed by atoms with van der Waals surface area (Å²) in [6, 6.07) is 0. The maximum Gasteiger partial charge on any atom is 3.00 e. The van der Waals surface area contributed by atoms with Gasteiger partial charge in [0.1, 0.15) is 0 Å². The first-order chi connectivity index (χ1) is 4.00. The van der Waals surface area contributed by atoms with Crippen molar-refractivity contribution in [3.63, 3.8) is 0 Å². The van der Waals surface area contributed by atoms with Crippen LogP contribution in [0.4, 0.5) is 0 Å². The molecule has 12 heteroatoms. The maximum absolute atomic E-state index is 8.55. The third-order valence-corrected chi connectivity index (χ3v) is 0. The fraction of sp³-hybridized carbons (Fsp3) is 0. The molecule has 0 aromatic rings. The zero-order valence-electron chi connectivity index (χ0n) is 5.09. The van der Waals surface area contributed by atoms with Crippen molar-refractivity contribution in [3.8, 4) is 0 Å². The molecule has 0 aromatic heterocycles. The molecule has 0 heterocycles. The summed E-state index contributed by atoms with van der Waals surface area (Å²) in [6.07, 6.45) is 0. The minimum Gasteiger partial charge on any atom is -0.822 e. The molecule has 69 valence electrons. The predicted molar refractivity (Wildman–Crippen MR) is 21.0 cm³/mol. The smallest absolute Gasteiger partial charge is 0.822 e. The van der Waals surface area contributed by atoms with Crippen LogP contribution in [0.2, 0.25) is 0 Å². The van der Waals surface area contributed by atoms with Gasteiger partial charge in [-0.3, -0.25) is 0 Å². The summed E-state index contributed by atoms with van der Waals surface area (Å²) in [5.74, 6) is 0. The standard InChI is InChI=1S/Al.Fe.2H3O4P/c;;2*1-5(2,3)4/h;;2*(H3,1,2,3,4)/q2*+3;;/p-6. The Labute approximate surface area is 88.7 Å². The second kappa shape index (κ2) is 8.85. The van der Waals surface area contributed by atoms with E-state index in [4.69, 9.17) is 38.5 Å². The van der Waals surface area contributed by atoms with Gasteiger partial charge >= 0.3 is 34.4 Å². The van der Waals surface area contributed by atoms with Crippen LogP contribution in [0.25, 0.3) is 0 Å². The molecule has 0 bridgehead atoms. The molecule has 0 aromatic carbocycles. The molecular weight excluding hydrogens is 273 g/mol. The molecule has 0 saturated carbocycles. The second-order valence-corrected chi connectivity index (χ2v) is 2.68. The summed E-state index contributed by atoms with van der Waals surface area (Å²) in [5, 5.41) is 0. The monoisotopic (exact) mass is 273 g/mol. The number of phosphoric acid groups is 2. The van der Waals surface area contributed by atoms with E-state index in [1.165, 1.54) is 0 Å². The number of hydrogen-bond acceptors (Lipinski definition) is 8. The molecule has 0 unspecified atom stereocenters. The Balaban J connectivity index is -0.0000000457. The quantitative estimate of drug-likeness (QED) is 0.309. The van der Waals surface area contributed by atoms with E-state index >= 15 is 0 Å². The van der Waals surface area contributed by atoms with Gasteiger partial charge in [-0.2, -0.15) is 15.6 Å². The minimum atomic E-state index is -5.39. The van der Waals surface area contributed by atoms with E-state index in [9.17, 15) is 0 Å². The molecule has 0 aliphatic carbocycles. The van der Waals surface area contributed by atoms with Gasteiger partial charge in [0.15, 0.2) is 0 Å². The molecule has 8 nitrogen and oxygen atoms in total. The number of rotatable bonds is 0. The zero-order valence-corrected chi connectivity index (χ0v) is 9.14. The average Bonchev–Trinajstić information content (AvgIpc) is 1.12. The van der Waals surface area contributed by atoms with Crippen LogP contribution in [0.5, 0.6) is 0 Å². The summed E-state index contributed by atoms with van der Waals surface area (Å²) in [4.78, 5) is 51.3. The van der Waals surface area contributed by atoms with Gasteiger partial charge in [0.2, 0.25) is 0 Å². The Morgan fingerprint density at radius 3 is 0.667 bits per heavy atom. The van der Waals surface area contributed by atoms with Gasteiger partial charge < -0.3 is 38.5 Å². The molecule has 0 rings (SSSR count). The van der Waals surface area contributed by atoms with Crippen LogP contribution in [0, 0.1) is 0 Å². The summed E-state index contributed by atoms with van der Waals surface area (Å²) >= 11 is 0. The molecule has 0 fully saturated rings. The van der Waals surface area contributed by atoms with Gasteiger partial charge in [-0.15, -0.1) is 0 Å². The van der Waals surface area contributed by atoms with Gasteiger partial charge in [0, 0.05) is 0 Å². The minimum absolute atomic E-state index is 0. The van der Waals surface area contributed by atoms with Crippen LogP contribution in [0.1, 0.15) is 0 Å². The molecule has 0 saturated heterocycles. The van der Waals surface area contributed by atoms with Crippen molar-refractivity contribution in [2.24, 2.45) is 0 Å². The first-order valence-electron chi connectivity index (χ1n) is 1.46. The normalized spacial score (nSPS) is 9.83. The van der Waals surface area contributed by atoms with Crippen LogP contribution < -0.4 is 29.4 Å². The maximum atomic E-state index is 8.55. The van der Waals surface area contributed by atoms with E-state index in [1.54, 1.807) is 0 Å². The van der Waals surface area contributed by atoms with Gasteiger partial charge in [-0.25, -0.2) is 0 Å². The molecule has 0 aliphatic heterocycles. The van der Waals surface area contributed by atoms with Gasteiger partial charge in [-0.1, -0.05) is 0 Å². The van der Waals surface area contributed by atoms with E-state index in [-0.39, 0.29) is 34.4 Å². The molecule has 0 atom stereocenters.